The van der Waals surface area contributed by atoms with Gasteiger partial charge in [-0.1, -0.05) is 12.1 Å². The maximum Gasteiger partial charge on any atom is 0.345 e. The Kier molecular flexibility index (Phi) is 4.55. The molecule has 1 aliphatic heterocycles. The van der Waals surface area contributed by atoms with Gasteiger partial charge in [0, 0.05) is 18.2 Å². The Morgan fingerprint density at radius 3 is 2.39 bits per heavy atom. The zero-order valence-corrected chi connectivity index (χ0v) is 15.5. The second-order valence-corrected chi connectivity index (χ2v) is 6.43. The number of nitrogens with one attached hydrogen (secondary N) is 1. The van der Waals surface area contributed by atoms with Gasteiger partial charge in [-0.3, -0.25) is 34.4 Å². The fraction of sp³-hybridized carbons (Fsp3) is 0. The lowest BCUT2D eigenvalue weighted by atomic mass is 10.1. The number of nitrogens with zero attached hydrogens (tertiary/aromatic N) is 2. The molecule has 2 aromatic carbocycles. The first-order valence-corrected chi connectivity index (χ1v) is 8.75. The molecule has 0 aliphatic carbocycles. The predicted molar refractivity (Wildman–Crippen MR) is 106 cm³/mol. The predicted octanol–water partition coefficient (Wildman–Crippen LogP) is 1.43. The van der Waals surface area contributed by atoms with Gasteiger partial charge in [-0.15, -0.1) is 0 Å². The van der Waals surface area contributed by atoms with Crippen LogP contribution in [0.1, 0.15) is 31.1 Å². The van der Waals surface area contributed by atoms with Crippen molar-refractivity contribution in [3.05, 3.63) is 91.8 Å². The molecule has 0 saturated heterocycles. The molecular weight excluding hydrogens is 408 g/mol. The minimum absolute atomic E-state index is 0.0341. The summed E-state index contributed by atoms with van der Waals surface area (Å²) in [6.45, 7) is 0. The number of fused-ring (bicyclic) bond motifs is 1. The maximum atomic E-state index is 12.8. The van der Waals surface area contributed by atoms with Crippen LogP contribution in [0.5, 0.6) is 5.75 Å². The van der Waals surface area contributed by atoms with E-state index in [2.05, 4.69) is 5.32 Å². The summed E-state index contributed by atoms with van der Waals surface area (Å²) in [6.07, 6.45) is 0. The molecule has 0 bridgehead atoms. The van der Waals surface area contributed by atoms with Gasteiger partial charge < -0.3 is 10.5 Å². The van der Waals surface area contributed by atoms with Crippen LogP contribution < -0.4 is 21.3 Å². The summed E-state index contributed by atoms with van der Waals surface area (Å²) in [4.78, 5) is 59.5. The molecule has 4 rings (SSSR count). The van der Waals surface area contributed by atoms with E-state index in [1.165, 1.54) is 42.5 Å². The van der Waals surface area contributed by atoms with E-state index in [1.807, 2.05) is 0 Å². The number of carbonyl (C=O) groups excluding carboxylic acids is 3. The molecule has 1 aromatic heterocycles. The lowest BCUT2D eigenvalue weighted by Gasteiger charge is -2.15. The van der Waals surface area contributed by atoms with E-state index in [0.29, 0.717) is 0 Å². The maximum absolute atomic E-state index is 12.8. The van der Waals surface area contributed by atoms with E-state index in [-0.39, 0.29) is 39.6 Å². The molecule has 0 radical (unpaired) electrons. The molecule has 0 fully saturated rings. The van der Waals surface area contributed by atoms with Crippen LogP contribution in [0.15, 0.2) is 59.4 Å². The number of esters is 1. The number of amides is 2. The fourth-order valence-electron chi connectivity index (χ4n) is 3.17. The lowest BCUT2D eigenvalue weighted by Crippen LogP contribution is -2.26. The molecule has 0 spiro atoms. The van der Waals surface area contributed by atoms with Gasteiger partial charge >= 0.3 is 5.97 Å². The Hall–Kier alpha value is -4.80. The number of nitrogen functional groups attached to an aromatic ring is 1. The van der Waals surface area contributed by atoms with Crippen LogP contribution in [-0.2, 0) is 0 Å². The monoisotopic (exact) mass is 420 g/mol. The summed E-state index contributed by atoms with van der Waals surface area (Å²) in [5.41, 5.74) is 4.79. The number of non-ortho nitro benzene ring substituents is 1. The molecule has 31 heavy (non-hydrogen) atoms. The molecule has 3 aromatic rings. The van der Waals surface area contributed by atoms with Crippen molar-refractivity contribution in [1.82, 2.24) is 9.88 Å². The number of benzene rings is 2. The number of rotatable bonds is 4. The number of nitro benzene ring substituents is 1. The Balaban J connectivity index is 1.77. The number of hydrogen-bond acceptors (Lipinski definition) is 8. The van der Waals surface area contributed by atoms with Gasteiger partial charge in [-0.05, 0) is 24.3 Å². The highest BCUT2D eigenvalue weighted by atomic mass is 16.6. The molecule has 11 heteroatoms. The van der Waals surface area contributed by atoms with Gasteiger partial charge in [0.2, 0.25) is 0 Å². The van der Waals surface area contributed by atoms with E-state index < -0.39 is 28.3 Å². The summed E-state index contributed by atoms with van der Waals surface area (Å²) >= 11 is 0. The molecular formula is C20H12N4O7. The first kappa shape index (κ1) is 19.5. The minimum atomic E-state index is -0.864. The molecule has 0 saturated carbocycles. The first-order chi connectivity index (χ1) is 14.8. The quantitative estimate of drug-likeness (QED) is 0.210. The van der Waals surface area contributed by atoms with Crippen LogP contribution in [-0.4, -0.2) is 27.3 Å². The van der Waals surface area contributed by atoms with Crippen molar-refractivity contribution >= 4 is 29.3 Å². The van der Waals surface area contributed by atoms with Crippen molar-refractivity contribution in [2.45, 2.75) is 0 Å². The van der Waals surface area contributed by atoms with E-state index >= 15 is 0 Å². The van der Waals surface area contributed by atoms with E-state index in [4.69, 9.17) is 10.5 Å². The van der Waals surface area contributed by atoms with Crippen LogP contribution in [0.25, 0.3) is 5.69 Å². The van der Waals surface area contributed by atoms with Gasteiger partial charge in [0.25, 0.3) is 23.1 Å². The molecule has 2 amide bonds. The van der Waals surface area contributed by atoms with Gasteiger partial charge in [-0.2, -0.15) is 0 Å². The zero-order valence-electron chi connectivity index (χ0n) is 15.5. The normalized spacial score (nSPS) is 12.3. The third-order valence-corrected chi connectivity index (χ3v) is 4.58. The van der Waals surface area contributed by atoms with Gasteiger partial charge in [-0.25, -0.2) is 4.79 Å². The smallest absolute Gasteiger partial charge is 0.345 e. The number of ether oxygens (including phenoxy) is 1. The summed E-state index contributed by atoms with van der Waals surface area (Å²) in [6, 6.07) is 11.7. The molecule has 1 aliphatic rings. The van der Waals surface area contributed by atoms with Crippen molar-refractivity contribution in [2.75, 3.05) is 5.73 Å². The summed E-state index contributed by atoms with van der Waals surface area (Å²) in [5.74, 6) is -2.61. The number of anilines is 1. The van der Waals surface area contributed by atoms with Crippen LogP contribution in [0, 0.1) is 10.1 Å². The average Bonchev–Trinajstić information content (AvgIpc) is 3.02. The second kappa shape index (κ2) is 7.22. The van der Waals surface area contributed by atoms with Gasteiger partial charge in [0.1, 0.15) is 11.6 Å². The third-order valence-electron chi connectivity index (χ3n) is 4.58. The summed E-state index contributed by atoms with van der Waals surface area (Å²) < 4.78 is 6.19. The third kappa shape index (κ3) is 3.29. The SMILES string of the molecule is Nc1c2c(cc(=O)n1-c1ccccc1C(=O)Oc1ccc([N+](=O)[O-])cc1)C(=O)NC2=O. The van der Waals surface area contributed by atoms with Gasteiger partial charge in [0.05, 0.1) is 27.3 Å². The van der Waals surface area contributed by atoms with Crippen molar-refractivity contribution < 1.29 is 24.0 Å². The van der Waals surface area contributed by atoms with E-state index in [9.17, 15) is 29.3 Å². The molecule has 2 heterocycles. The number of imide groups is 1. The number of carbonyl (C=O) groups is 3. The van der Waals surface area contributed by atoms with E-state index in [0.717, 1.165) is 10.6 Å². The Bertz CT molecular complexity index is 1340. The molecule has 11 nitrogen and oxygen atoms in total. The number of nitrogens with two attached hydrogens (primary N) is 1. The van der Waals surface area contributed by atoms with Crippen molar-refractivity contribution in [3.8, 4) is 11.4 Å². The largest absolute Gasteiger partial charge is 0.423 e. The number of pyridine rings is 1. The summed E-state index contributed by atoms with van der Waals surface area (Å²) in [7, 11) is 0. The second-order valence-electron chi connectivity index (χ2n) is 6.43. The topological polar surface area (TPSA) is 164 Å². The van der Waals surface area contributed by atoms with Crippen LogP contribution in [0.2, 0.25) is 0 Å². The zero-order chi connectivity index (χ0) is 22.3. The van der Waals surface area contributed by atoms with Crippen molar-refractivity contribution in [2.24, 2.45) is 0 Å². The molecule has 0 atom stereocenters. The Morgan fingerprint density at radius 1 is 1.03 bits per heavy atom. The first-order valence-electron chi connectivity index (χ1n) is 8.75. The summed E-state index contributed by atoms with van der Waals surface area (Å²) in [5, 5.41) is 12.8. The molecule has 0 unspecified atom stereocenters. The Morgan fingerprint density at radius 2 is 1.71 bits per heavy atom. The highest BCUT2D eigenvalue weighted by Crippen LogP contribution is 2.25. The number of aromatic nitrogens is 1. The number of hydrogen-bond donors (Lipinski definition) is 2. The number of nitro groups is 1. The van der Waals surface area contributed by atoms with Crippen molar-refractivity contribution in [3.63, 3.8) is 0 Å². The van der Waals surface area contributed by atoms with Gasteiger partial charge in [0.15, 0.2) is 0 Å². The molecule has 154 valence electrons. The number of para-hydroxylation sites is 1. The Labute approximate surface area is 172 Å². The molecule has 3 N–H and O–H groups in total. The average molecular weight is 420 g/mol. The minimum Gasteiger partial charge on any atom is -0.423 e. The van der Waals surface area contributed by atoms with E-state index in [1.54, 1.807) is 6.07 Å². The highest BCUT2D eigenvalue weighted by Gasteiger charge is 2.32. The van der Waals surface area contributed by atoms with Crippen molar-refractivity contribution in [1.29, 1.82) is 0 Å². The van der Waals surface area contributed by atoms with Crippen LogP contribution in [0.3, 0.4) is 0 Å². The highest BCUT2D eigenvalue weighted by molar-refractivity contribution is 6.23. The van der Waals surface area contributed by atoms with Crippen LogP contribution >= 0.6 is 0 Å². The fourth-order valence-corrected chi connectivity index (χ4v) is 3.17. The lowest BCUT2D eigenvalue weighted by molar-refractivity contribution is -0.384. The standard InChI is InChI=1S/C20H12N4O7/c21-17-16-13(18(26)22-19(16)27)9-15(25)23(17)14-4-2-1-3-12(14)20(28)31-11-7-5-10(6-8-11)24(29)30/h1-9H,21H2,(H,22,26,27). The van der Waals surface area contributed by atoms with Crippen LogP contribution in [0.4, 0.5) is 11.5 Å².